The fraction of sp³-hybridized carbons (Fsp3) is 0.278. The number of nitrogens with one attached hydrogen (secondary N) is 1. The zero-order valence-electron chi connectivity index (χ0n) is 13.6. The van der Waals surface area contributed by atoms with Gasteiger partial charge in [0.05, 0.1) is 16.8 Å². The van der Waals surface area contributed by atoms with Crippen LogP contribution in [0.3, 0.4) is 0 Å². The average molecular weight is 504 g/mol. The zero-order valence-corrected chi connectivity index (χ0v) is 17.3. The topological polar surface area (TPSA) is 47.6 Å². The van der Waals surface area contributed by atoms with E-state index in [-0.39, 0.29) is 5.91 Å². The van der Waals surface area contributed by atoms with Crippen LogP contribution >= 0.6 is 38.5 Å². The summed E-state index contributed by atoms with van der Waals surface area (Å²) in [6.45, 7) is 5.08. The van der Waals surface area contributed by atoms with Gasteiger partial charge in [-0.25, -0.2) is 0 Å². The third kappa shape index (κ3) is 5.11. The van der Waals surface area contributed by atoms with Gasteiger partial charge in [-0.05, 0) is 72.3 Å². The lowest BCUT2D eigenvalue weighted by Crippen LogP contribution is -2.13. The molecule has 128 valence electrons. The smallest absolute Gasteiger partial charge is 0.255 e. The lowest BCUT2D eigenvalue weighted by Gasteiger charge is -2.15. The van der Waals surface area contributed by atoms with E-state index in [2.05, 4.69) is 43.8 Å². The van der Waals surface area contributed by atoms with Gasteiger partial charge in [0.1, 0.15) is 0 Å². The zero-order chi connectivity index (χ0) is 17.5. The monoisotopic (exact) mass is 503 g/mol. The second-order valence-corrected chi connectivity index (χ2v) is 7.11. The number of amides is 1. The summed E-state index contributed by atoms with van der Waals surface area (Å²) in [6, 6.07) is 11.0. The molecular weight excluding hydrogens is 485 g/mol. The van der Waals surface area contributed by atoms with Gasteiger partial charge in [-0.3, -0.25) is 4.79 Å². The Morgan fingerprint density at radius 3 is 2.50 bits per heavy atom. The first-order chi connectivity index (χ1) is 11.5. The van der Waals surface area contributed by atoms with Crippen molar-refractivity contribution < 1.29 is 14.3 Å². The normalized spacial score (nSPS) is 10.3. The summed E-state index contributed by atoms with van der Waals surface area (Å²) in [5.41, 5.74) is 1.28. The summed E-state index contributed by atoms with van der Waals surface area (Å²) in [6.07, 6.45) is 0.910. The molecule has 0 radical (unpaired) electrons. The highest BCUT2D eigenvalue weighted by Crippen LogP contribution is 2.34. The third-order valence-corrected chi connectivity index (χ3v) is 4.45. The van der Waals surface area contributed by atoms with E-state index in [0.29, 0.717) is 30.3 Å². The number of benzene rings is 2. The summed E-state index contributed by atoms with van der Waals surface area (Å²) < 4.78 is 13.2. The molecule has 0 aliphatic rings. The van der Waals surface area contributed by atoms with E-state index >= 15 is 0 Å². The molecule has 0 aliphatic heterocycles. The van der Waals surface area contributed by atoms with E-state index in [0.717, 1.165) is 20.2 Å². The molecule has 0 spiro atoms. The van der Waals surface area contributed by atoms with E-state index in [4.69, 9.17) is 9.47 Å². The predicted octanol–water partition coefficient (Wildman–Crippen LogP) is 5.49. The van der Waals surface area contributed by atoms with Gasteiger partial charge in [0.25, 0.3) is 5.91 Å². The van der Waals surface area contributed by atoms with Gasteiger partial charge in [-0.15, -0.1) is 0 Å². The molecule has 2 aromatic rings. The SMILES string of the molecule is CCCOc1c(I)cc(C(=O)Nc2ccc(Br)cc2)cc1OCC. The molecule has 1 N–H and O–H groups in total. The molecule has 0 bridgehead atoms. The predicted molar refractivity (Wildman–Crippen MR) is 108 cm³/mol. The van der Waals surface area contributed by atoms with Crippen LogP contribution in [0, 0.1) is 3.57 Å². The number of halogens is 2. The quantitative estimate of drug-likeness (QED) is 0.508. The van der Waals surface area contributed by atoms with Crippen LogP contribution in [0.1, 0.15) is 30.6 Å². The number of carbonyl (C=O) groups excluding carboxylic acids is 1. The van der Waals surface area contributed by atoms with Crippen LogP contribution in [0.5, 0.6) is 11.5 Å². The molecule has 0 aromatic heterocycles. The first kappa shape index (κ1) is 19.1. The third-order valence-electron chi connectivity index (χ3n) is 3.12. The summed E-state index contributed by atoms with van der Waals surface area (Å²) in [7, 11) is 0. The first-order valence-electron chi connectivity index (χ1n) is 7.71. The molecule has 2 rings (SSSR count). The van der Waals surface area contributed by atoms with Crippen LogP contribution < -0.4 is 14.8 Å². The van der Waals surface area contributed by atoms with Crippen molar-refractivity contribution in [1.82, 2.24) is 0 Å². The van der Waals surface area contributed by atoms with Gasteiger partial charge in [-0.2, -0.15) is 0 Å². The summed E-state index contributed by atoms with van der Waals surface area (Å²) in [5, 5.41) is 2.89. The lowest BCUT2D eigenvalue weighted by molar-refractivity contribution is 0.102. The molecule has 0 atom stereocenters. The molecule has 0 fully saturated rings. The summed E-state index contributed by atoms with van der Waals surface area (Å²) >= 11 is 5.55. The van der Waals surface area contributed by atoms with Gasteiger partial charge >= 0.3 is 0 Å². The standard InChI is InChI=1S/C18H19BrINO3/c1-3-9-24-17-15(20)10-12(11-16(17)23-4-2)18(22)21-14-7-5-13(19)6-8-14/h5-8,10-11H,3-4,9H2,1-2H3,(H,21,22). The van der Waals surface area contributed by atoms with E-state index in [9.17, 15) is 4.79 Å². The molecule has 0 unspecified atom stereocenters. The molecule has 6 heteroatoms. The van der Waals surface area contributed by atoms with Crippen molar-refractivity contribution in [1.29, 1.82) is 0 Å². The van der Waals surface area contributed by atoms with Gasteiger partial charge in [-0.1, -0.05) is 22.9 Å². The fourth-order valence-corrected chi connectivity index (χ4v) is 3.06. The Bertz CT molecular complexity index is 704. The maximum Gasteiger partial charge on any atom is 0.255 e. The fourth-order valence-electron chi connectivity index (χ4n) is 2.04. The van der Waals surface area contributed by atoms with Crippen molar-refractivity contribution in [2.45, 2.75) is 20.3 Å². The number of hydrogen-bond acceptors (Lipinski definition) is 3. The molecule has 0 aliphatic carbocycles. The number of rotatable bonds is 7. The van der Waals surface area contributed by atoms with Crippen molar-refractivity contribution in [3.05, 3.63) is 50.0 Å². The maximum absolute atomic E-state index is 12.5. The van der Waals surface area contributed by atoms with E-state index in [1.54, 1.807) is 6.07 Å². The molecule has 0 saturated carbocycles. The van der Waals surface area contributed by atoms with Gasteiger partial charge in [0.15, 0.2) is 11.5 Å². The number of hydrogen-bond donors (Lipinski definition) is 1. The minimum atomic E-state index is -0.182. The number of carbonyl (C=O) groups is 1. The Hall–Kier alpha value is -1.28. The first-order valence-corrected chi connectivity index (χ1v) is 9.58. The van der Waals surface area contributed by atoms with Crippen molar-refractivity contribution in [2.75, 3.05) is 18.5 Å². The summed E-state index contributed by atoms with van der Waals surface area (Å²) in [4.78, 5) is 12.5. The Kier molecular flexibility index (Phi) is 7.36. The molecule has 0 heterocycles. The number of ether oxygens (including phenoxy) is 2. The maximum atomic E-state index is 12.5. The van der Waals surface area contributed by atoms with E-state index in [1.165, 1.54) is 0 Å². The summed E-state index contributed by atoms with van der Waals surface area (Å²) in [5.74, 6) is 1.11. The van der Waals surface area contributed by atoms with E-state index in [1.807, 2.05) is 44.2 Å². The largest absolute Gasteiger partial charge is 0.490 e. The average Bonchev–Trinajstić information content (AvgIpc) is 2.56. The Morgan fingerprint density at radius 2 is 1.88 bits per heavy atom. The van der Waals surface area contributed by atoms with Crippen LogP contribution in [0.15, 0.2) is 40.9 Å². The minimum Gasteiger partial charge on any atom is -0.490 e. The number of anilines is 1. The molecule has 24 heavy (non-hydrogen) atoms. The second-order valence-electron chi connectivity index (χ2n) is 5.03. The van der Waals surface area contributed by atoms with E-state index < -0.39 is 0 Å². The molecule has 1 amide bonds. The van der Waals surface area contributed by atoms with Crippen molar-refractivity contribution in [3.8, 4) is 11.5 Å². The Labute approximate surface area is 164 Å². The molecule has 4 nitrogen and oxygen atoms in total. The lowest BCUT2D eigenvalue weighted by atomic mass is 10.1. The van der Waals surface area contributed by atoms with Crippen LogP contribution in [0.25, 0.3) is 0 Å². The highest BCUT2D eigenvalue weighted by molar-refractivity contribution is 14.1. The minimum absolute atomic E-state index is 0.182. The highest BCUT2D eigenvalue weighted by Gasteiger charge is 2.16. The molecule has 0 saturated heterocycles. The van der Waals surface area contributed by atoms with Gasteiger partial charge in [0.2, 0.25) is 0 Å². The van der Waals surface area contributed by atoms with Gasteiger partial charge in [0, 0.05) is 15.7 Å². The second kappa shape index (κ2) is 9.27. The highest BCUT2D eigenvalue weighted by atomic mass is 127. The van der Waals surface area contributed by atoms with Crippen molar-refractivity contribution >= 4 is 50.1 Å². The Morgan fingerprint density at radius 1 is 1.17 bits per heavy atom. The van der Waals surface area contributed by atoms with Crippen LogP contribution in [-0.4, -0.2) is 19.1 Å². The van der Waals surface area contributed by atoms with Crippen molar-refractivity contribution in [2.24, 2.45) is 0 Å². The van der Waals surface area contributed by atoms with Crippen LogP contribution in [0.4, 0.5) is 5.69 Å². The van der Waals surface area contributed by atoms with Crippen molar-refractivity contribution in [3.63, 3.8) is 0 Å². The molecular formula is C18H19BrINO3. The Balaban J connectivity index is 2.25. The van der Waals surface area contributed by atoms with Crippen LogP contribution in [-0.2, 0) is 0 Å². The van der Waals surface area contributed by atoms with Crippen LogP contribution in [0.2, 0.25) is 0 Å². The molecule has 2 aromatic carbocycles. The van der Waals surface area contributed by atoms with Gasteiger partial charge < -0.3 is 14.8 Å².